The molecule has 0 saturated carbocycles. The first-order valence-corrected chi connectivity index (χ1v) is 9.31. The highest BCUT2D eigenvalue weighted by Gasteiger charge is 2.24. The Morgan fingerprint density at radius 2 is 1.93 bits per heavy atom. The Balaban J connectivity index is 1.81. The quantitative estimate of drug-likeness (QED) is 0.708. The van der Waals surface area contributed by atoms with Crippen molar-refractivity contribution in [1.29, 1.82) is 0 Å². The smallest absolute Gasteiger partial charge is 0.341 e. The van der Waals surface area contributed by atoms with Crippen molar-refractivity contribution in [3.8, 4) is 11.5 Å². The minimum atomic E-state index is -1.11. The lowest BCUT2D eigenvalue weighted by Gasteiger charge is -2.20. The molecule has 2 amide bonds. The predicted molar refractivity (Wildman–Crippen MR) is 107 cm³/mol. The van der Waals surface area contributed by atoms with E-state index >= 15 is 0 Å². The number of carboxylic acid groups (broad SMARTS) is 1. The van der Waals surface area contributed by atoms with Crippen LogP contribution in [-0.4, -0.2) is 42.6 Å². The first-order valence-electron chi connectivity index (χ1n) is 9.31. The van der Waals surface area contributed by atoms with Crippen LogP contribution in [0.2, 0.25) is 0 Å². The second kappa shape index (κ2) is 9.09. The summed E-state index contributed by atoms with van der Waals surface area (Å²) in [4.78, 5) is 37.3. The molecule has 0 aromatic heterocycles. The molecule has 1 fully saturated rings. The Morgan fingerprint density at radius 1 is 1.14 bits per heavy atom. The first kappa shape index (κ1) is 20.2. The highest BCUT2D eigenvalue weighted by atomic mass is 16.5. The number of carbonyl (C=O) groups excluding carboxylic acids is 2. The molecule has 8 heteroatoms. The standard InChI is InChI=1S/C21H22N2O6/c1-2-28-18-12-14(9-10-17(18)29-13-20(25)26)21(27)22-15-6-3-4-7-16(15)23-11-5-8-19(23)24/h3-4,6-7,9-10,12H,2,5,8,11,13H2,1H3,(H,22,27)(H,25,26). The second-order valence-corrected chi connectivity index (χ2v) is 6.40. The van der Waals surface area contributed by atoms with E-state index in [9.17, 15) is 14.4 Å². The minimum Gasteiger partial charge on any atom is -0.490 e. The number of carbonyl (C=O) groups is 3. The van der Waals surface area contributed by atoms with Gasteiger partial charge >= 0.3 is 5.97 Å². The molecular formula is C21H22N2O6. The number of amides is 2. The zero-order valence-corrected chi connectivity index (χ0v) is 16.0. The molecular weight excluding hydrogens is 376 g/mol. The van der Waals surface area contributed by atoms with Crippen LogP contribution >= 0.6 is 0 Å². The molecule has 1 heterocycles. The van der Waals surface area contributed by atoms with Crippen LogP contribution < -0.4 is 19.7 Å². The Morgan fingerprint density at radius 3 is 2.62 bits per heavy atom. The fourth-order valence-electron chi connectivity index (χ4n) is 3.09. The SMILES string of the molecule is CCOc1cc(C(=O)Nc2ccccc2N2CCCC2=O)ccc1OCC(=O)O. The fourth-order valence-corrected chi connectivity index (χ4v) is 3.09. The van der Waals surface area contributed by atoms with Gasteiger partial charge in [0.25, 0.3) is 5.91 Å². The summed E-state index contributed by atoms with van der Waals surface area (Å²) in [5.74, 6) is -0.930. The molecule has 8 nitrogen and oxygen atoms in total. The Labute approximate surface area is 168 Å². The van der Waals surface area contributed by atoms with Crippen molar-refractivity contribution in [3.05, 3.63) is 48.0 Å². The molecule has 0 radical (unpaired) electrons. The van der Waals surface area contributed by atoms with E-state index in [2.05, 4.69) is 5.32 Å². The second-order valence-electron chi connectivity index (χ2n) is 6.40. The molecule has 1 saturated heterocycles. The molecule has 0 atom stereocenters. The van der Waals surface area contributed by atoms with Gasteiger partial charge in [-0.25, -0.2) is 4.79 Å². The number of nitrogens with one attached hydrogen (secondary N) is 1. The van der Waals surface area contributed by atoms with Gasteiger partial charge in [0, 0.05) is 18.5 Å². The molecule has 152 valence electrons. The third-order valence-electron chi connectivity index (χ3n) is 4.37. The number of para-hydroxylation sites is 2. The number of anilines is 2. The van der Waals surface area contributed by atoms with Crippen LogP contribution in [0.4, 0.5) is 11.4 Å². The highest BCUT2D eigenvalue weighted by molar-refractivity contribution is 6.08. The van der Waals surface area contributed by atoms with Crippen molar-refractivity contribution in [1.82, 2.24) is 0 Å². The molecule has 3 rings (SSSR count). The van der Waals surface area contributed by atoms with Crippen LogP contribution in [0.3, 0.4) is 0 Å². The number of nitrogens with zero attached hydrogens (tertiary/aromatic N) is 1. The van der Waals surface area contributed by atoms with Gasteiger partial charge in [-0.2, -0.15) is 0 Å². The molecule has 2 N–H and O–H groups in total. The maximum atomic E-state index is 12.8. The monoisotopic (exact) mass is 398 g/mol. The molecule has 1 aliphatic rings. The Kier molecular flexibility index (Phi) is 6.33. The third-order valence-corrected chi connectivity index (χ3v) is 4.37. The van der Waals surface area contributed by atoms with E-state index in [0.717, 1.165) is 6.42 Å². The summed E-state index contributed by atoms with van der Waals surface area (Å²) in [5.41, 5.74) is 1.52. The van der Waals surface area contributed by atoms with Crippen molar-refractivity contribution in [2.24, 2.45) is 0 Å². The third kappa shape index (κ3) is 4.84. The van der Waals surface area contributed by atoms with E-state index in [-0.39, 0.29) is 23.3 Å². The van der Waals surface area contributed by atoms with Crippen LogP contribution in [0.15, 0.2) is 42.5 Å². The van der Waals surface area contributed by atoms with Gasteiger partial charge in [-0.1, -0.05) is 12.1 Å². The van der Waals surface area contributed by atoms with Gasteiger partial charge in [-0.15, -0.1) is 0 Å². The van der Waals surface area contributed by atoms with Crippen LogP contribution in [0.25, 0.3) is 0 Å². The van der Waals surface area contributed by atoms with Crippen molar-refractivity contribution >= 4 is 29.2 Å². The number of hydrogen-bond donors (Lipinski definition) is 2. The number of carboxylic acids is 1. The van der Waals surface area contributed by atoms with E-state index in [4.69, 9.17) is 14.6 Å². The van der Waals surface area contributed by atoms with Gasteiger partial charge in [-0.3, -0.25) is 9.59 Å². The normalized spacial score (nSPS) is 13.3. The minimum absolute atomic E-state index is 0.0327. The van der Waals surface area contributed by atoms with E-state index < -0.39 is 12.6 Å². The van der Waals surface area contributed by atoms with E-state index in [1.807, 2.05) is 6.07 Å². The van der Waals surface area contributed by atoms with E-state index in [1.165, 1.54) is 18.2 Å². The first-order chi connectivity index (χ1) is 14.0. The molecule has 0 aliphatic carbocycles. The number of benzene rings is 2. The number of aliphatic carboxylic acids is 1. The van der Waals surface area contributed by atoms with Gasteiger partial charge in [0.1, 0.15) is 0 Å². The Bertz CT molecular complexity index is 927. The Hall–Kier alpha value is -3.55. The van der Waals surface area contributed by atoms with Crippen molar-refractivity contribution < 1.29 is 29.0 Å². The lowest BCUT2D eigenvalue weighted by molar-refractivity contribution is -0.139. The zero-order chi connectivity index (χ0) is 20.8. The van der Waals surface area contributed by atoms with Crippen LogP contribution in [0.1, 0.15) is 30.1 Å². The maximum absolute atomic E-state index is 12.8. The van der Waals surface area contributed by atoms with Crippen molar-refractivity contribution in [3.63, 3.8) is 0 Å². The summed E-state index contributed by atoms with van der Waals surface area (Å²) in [5, 5.41) is 11.6. The van der Waals surface area contributed by atoms with Gasteiger partial charge in [0.05, 0.1) is 18.0 Å². The summed E-state index contributed by atoms with van der Waals surface area (Å²) in [6, 6.07) is 11.7. The average molecular weight is 398 g/mol. The fraction of sp³-hybridized carbons (Fsp3) is 0.286. The van der Waals surface area contributed by atoms with Crippen molar-refractivity contribution in [2.75, 3.05) is 30.0 Å². The summed E-state index contributed by atoms with van der Waals surface area (Å²) in [7, 11) is 0. The lowest BCUT2D eigenvalue weighted by Crippen LogP contribution is -2.25. The predicted octanol–water partition coefficient (Wildman–Crippen LogP) is 2.93. The lowest BCUT2D eigenvalue weighted by atomic mass is 10.1. The van der Waals surface area contributed by atoms with Gasteiger partial charge in [-0.05, 0) is 43.7 Å². The molecule has 0 bridgehead atoms. The summed E-state index contributed by atoms with van der Waals surface area (Å²) in [6.45, 7) is 2.21. The average Bonchev–Trinajstić information content (AvgIpc) is 3.13. The summed E-state index contributed by atoms with van der Waals surface area (Å²) < 4.78 is 10.7. The molecule has 2 aromatic rings. The topological polar surface area (TPSA) is 105 Å². The largest absolute Gasteiger partial charge is 0.490 e. The van der Waals surface area contributed by atoms with E-state index in [0.29, 0.717) is 36.5 Å². The highest BCUT2D eigenvalue weighted by Crippen LogP contribution is 2.31. The zero-order valence-electron chi connectivity index (χ0n) is 16.0. The van der Waals surface area contributed by atoms with Crippen LogP contribution in [0.5, 0.6) is 11.5 Å². The summed E-state index contributed by atoms with van der Waals surface area (Å²) in [6.07, 6.45) is 1.29. The van der Waals surface area contributed by atoms with E-state index in [1.54, 1.807) is 30.0 Å². The van der Waals surface area contributed by atoms with Crippen LogP contribution in [-0.2, 0) is 9.59 Å². The van der Waals surface area contributed by atoms with Gasteiger partial charge in [0.15, 0.2) is 18.1 Å². The summed E-state index contributed by atoms with van der Waals surface area (Å²) >= 11 is 0. The van der Waals surface area contributed by atoms with Crippen molar-refractivity contribution in [2.45, 2.75) is 19.8 Å². The molecule has 1 aliphatic heterocycles. The number of rotatable bonds is 8. The van der Waals surface area contributed by atoms with Gasteiger partial charge < -0.3 is 24.8 Å². The van der Waals surface area contributed by atoms with Gasteiger partial charge in [0.2, 0.25) is 5.91 Å². The molecule has 0 spiro atoms. The number of hydrogen-bond acceptors (Lipinski definition) is 5. The molecule has 0 unspecified atom stereocenters. The molecule has 2 aromatic carbocycles. The van der Waals surface area contributed by atoms with Crippen LogP contribution in [0, 0.1) is 0 Å². The number of ether oxygens (including phenoxy) is 2. The maximum Gasteiger partial charge on any atom is 0.341 e. The molecule has 29 heavy (non-hydrogen) atoms.